The number of aliphatic hydroxyl groups is 10. The summed E-state index contributed by atoms with van der Waals surface area (Å²) >= 11 is 0. The molecule has 0 saturated carbocycles. The molecule has 496 valence electrons. The zero-order chi connectivity index (χ0) is 65.0. The molecule has 0 aliphatic carbocycles. The van der Waals surface area contributed by atoms with Gasteiger partial charge in [-0.2, -0.15) is 0 Å². The number of carbonyl (C=O) groups excluding carboxylic acids is 3. The normalized spacial score (nSPS) is 36.0. The van der Waals surface area contributed by atoms with Crippen molar-refractivity contribution in [2.45, 2.75) is 256 Å². The summed E-state index contributed by atoms with van der Waals surface area (Å²) in [5.41, 5.74) is 5.69. The van der Waals surface area contributed by atoms with Crippen molar-refractivity contribution in [1.82, 2.24) is 5.32 Å². The second-order valence-corrected chi connectivity index (χ2v) is 24.7. The predicted octanol–water partition coefficient (Wildman–Crippen LogP) is 3.55. The second-order valence-electron chi connectivity index (χ2n) is 24.7. The molecule has 22 unspecified atom stereocenters. The number of carboxylic acid groups (broad SMARTS) is 2. The van der Waals surface area contributed by atoms with Crippen molar-refractivity contribution in [2.75, 3.05) is 13.6 Å². The number of aliphatic hydroxyl groups excluding tert-OH is 9. The summed E-state index contributed by atoms with van der Waals surface area (Å²) in [6.45, 7) is 14.9. The highest BCUT2D eigenvalue weighted by Crippen LogP contribution is 2.37. The minimum atomic E-state index is -2.72. The van der Waals surface area contributed by atoms with E-state index < -0.39 is 190 Å². The van der Waals surface area contributed by atoms with E-state index in [0.29, 0.717) is 5.96 Å². The van der Waals surface area contributed by atoms with Crippen molar-refractivity contribution < 1.29 is 104 Å². The van der Waals surface area contributed by atoms with E-state index in [4.69, 9.17) is 24.7 Å². The van der Waals surface area contributed by atoms with Gasteiger partial charge in [-0.25, -0.2) is 0 Å². The van der Waals surface area contributed by atoms with Gasteiger partial charge in [0.15, 0.2) is 11.7 Å². The minimum Gasteiger partial charge on any atom is -0.481 e. The molecule has 24 heteroatoms. The van der Waals surface area contributed by atoms with Crippen LogP contribution in [-0.2, 0) is 42.9 Å². The Morgan fingerprint density at radius 3 is 1.99 bits per heavy atom. The number of nitrogens with zero attached hydrogens (tertiary/aromatic N) is 1. The van der Waals surface area contributed by atoms with E-state index in [-0.39, 0.29) is 49.9 Å². The monoisotopic (exact) mass is 1230 g/mol. The highest BCUT2D eigenvalue weighted by atomic mass is 16.7. The topological polar surface area (TPSA) is 415 Å². The van der Waals surface area contributed by atoms with Crippen LogP contribution in [-0.4, -0.2) is 196 Å². The number of unbranched alkanes of at least 4 members (excludes halogenated alkanes) is 2. The highest BCUT2D eigenvalue weighted by molar-refractivity contribution is 5.90. The lowest BCUT2D eigenvalue weighted by Gasteiger charge is -2.45. The van der Waals surface area contributed by atoms with E-state index in [1.807, 2.05) is 19.9 Å². The molecule has 1 fully saturated rings. The number of nitrogens with two attached hydrogens (primary N) is 1. The molecular weight excluding hydrogens is 1120 g/mol. The lowest BCUT2D eigenvalue weighted by Crippen LogP contribution is -2.60. The van der Waals surface area contributed by atoms with Crippen molar-refractivity contribution in [1.29, 1.82) is 0 Å². The Balaban J connectivity index is 2.51. The molecule has 0 aromatic heterocycles. The van der Waals surface area contributed by atoms with Crippen molar-refractivity contribution in [3.63, 3.8) is 0 Å². The van der Waals surface area contributed by atoms with Gasteiger partial charge in [-0.15, -0.1) is 0 Å². The number of ether oxygens (including phenoxy) is 4. The van der Waals surface area contributed by atoms with Gasteiger partial charge in [-0.3, -0.25) is 29.0 Å². The Morgan fingerprint density at radius 1 is 0.744 bits per heavy atom. The van der Waals surface area contributed by atoms with Crippen LogP contribution >= 0.6 is 0 Å². The number of esters is 3. The minimum absolute atomic E-state index is 0.0145. The third-order valence-corrected chi connectivity index (χ3v) is 17.1. The Morgan fingerprint density at radius 2 is 1.36 bits per heavy atom. The lowest BCUT2D eigenvalue weighted by atomic mass is 9.79. The number of fused-ring (bicyclic) bond motifs is 2. The molecule has 0 spiro atoms. The standard InChI is InChI=1S/C62H107N3O21/c1-35(19-14-12-10-11-13-17-26-65-61(63)64-9)27-38(4)58-37(3)20-15-16-22-47(68)39(5)50(71)29-44(67)28-45(83-54(76)32-52(72)73)30-46-31-51(84-55(77)33-53(74)75)59(80)62(82,86-46)34-43(66)21-18-23-48(69)40(6)57(79)42(8)56(78)36(2)24-25-49(70)41(7)60(81)85-58/h10-11,15-16,20,22,35-51,56-59,66-71,78-80,82H,12-14,17-19,21,23-34H2,1-9H3,(H,72,73)(H,74,75)(H3,63,64,65). The molecule has 2 heterocycles. The fourth-order valence-corrected chi connectivity index (χ4v) is 11.4. The maximum absolute atomic E-state index is 13.9. The second kappa shape index (κ2) is 39.4. The Bertz CT molecular complexity index is 2150. The molecular formula is C62H107N3O21. The molecule has 2 rings (SSSR count). The molecule has 1 saturated heterocycles. The number of carbonyl (C=O) groups is 5. The van der Waals surface area contributed by atoms with E-state index in [2.05, 4.69) is 29.4 Å². The summed E-state index contributed by atoms with van der Waals surface area (Å²) in [7, 11) is 1.63. The fourth-order valence-electron chi connectivity index (χ4n) is 11.4. The number of cyclic esters (lactones) is 1. The number of nitrogens with one attached hydrogen (secondary N) is 1. The zero-order valence-corrected chi connectivity index (χ0v) is 52.1. The molecule has 86 heavy (non-hydrogen) atoms. The van der Waals surface area contributed by atoms with Crippen molar-refractivity contribution in [2.24, 2.45) is 58.1 Å². The van der Waals surface area contributed by atoms with Crippen LogP contribution in [0.5, 0.6) is 0 Å². The van der Waals surface area contributed by atoms with Crippen LogP contribution in [0, 0.1) is 47.3 Å². The highest BCUT2D eigenvalue weighted by Gasteiger charge is 2.52. The summed E-state index contributed by atoms with van der Waals surface area (Å²) in [6.07, 6.45) is -5.60. The molecule has 2 aliphatic heterocycles. The number of carboxylic acids is 2. The summed E-state index contributed by atoms with van der Waals surface area (Å²) in [4.78, 5) is 66.1. The van der Waals surface area contributed by atoms with Crippen molar-refractivity contribution in [3.8, 4) is 0 Å². The quantitative estimate of drug-likeness (QED) is 0.0188. The summed E-state index contributed by atoms with van der Waals surface area (Å²) in [5, 5.41) is 135. The average molecular weight is 1230 g/mol. The molecule has 2 bridgehead atoms. The maximum atomic E-state index is 13.9. The fraction of sp³-hybridized carbons (Fsp3) is 0.806. The number of aliphatic carboxylic acids is 2. The van der Waals surface area contributed by atoms with Gasteiger partial charge >= 0.3 is 29.8 Å². The first-order chi connectivity index (χ1) is 40.3. The van der Waals surface area contributed by atoms with Gasteiger partial charge in [0.25, 0.3) is 0 Å². The largest absolute Gasteiger partial charge is 0.481 e. The van der Waals surface area contributed by atoms with E-state index in [0.717, 1.165) is 45.1 Å². The summed E-state index contributed by atoms with van der Waals surface area (Å²) in [6, 6.07) is 0. The molecule has 22 atom stereocenters. The average Bonchev–Trinajstić information content (AvgIpc) is 2.21. The zero-order valence-electron chi connectivity index (χ0n) is 52.1. The molecule has 15 N–H and O–H groups in total. The molecule has 0 aromatic rings. The van der Waals surface area contributed by atoms with Crippen molar-refractivity contribution >= 4 is 35.8 Å². The third kappa shape index (κ3) is 28.3. The van der Waals surface area contributed by atoms with Crippen LogP contribution in [0.4, 0.5) is 0 Å². The van der Waals surface area contributed by atoms with Gasteiger partial charge in [-0.05, 0) is 95.3 Å². The molecule has 24 nitrogen and oxygen atoms in total. The van der Waals surface area contributed by atoms with Crippen LogP contribution in [0.2, 0.25) is 0 Å². The van der Waals surface area contributed by atoms with Gasteiger partial charge < -0.3 is 91.3 Å². The predicted molar refractivity (Wildman–Crippen MR) is 318 cm³/mol. The third-order valence-electron chi connectivity index (χ3n) is 17.1. The van der Waals surface area contributed by atoms with E-state index in [9.17, 15) is 85.3 Å². The Labute approximate surface area is 507 Å². The number of allylic oxidation sites excluding steroid dienone is 4. The lowest BCUT2D eigenvalue weighted by molar-refractivity contribution is -0.333. The Hall–Kier alpha value is -4.60. The maximum Gasteiger partial charge on any atom is 0.317 e. The smallest absolute Gasteiger partial charge is 0.317 e. The van der Waals surface area contributed by atoms with E-state index in [1.165, 1.54) is 13.0 Å². The molecule has 2 aliphatic rings. The summed E-state index contributed by atoms with van der Waals surface area (Å²) in [5.74, 6) is -12.7. The van der Waals surface area contributed by atoms with E-state index in [1.54, 1.807) is 46.9 Å². The van der Waals surface area contributed by atoms with Gasteiger partial charge in [0, 0.05) is 62.9 Å². The molecule has 0 amide bonds. The summed E-state index contributed by atoms with van der Waals surface area (Å²) < 4.78 is 22.9. The Kier molecular flexibility index (Phi) is 35.5. The number of hydrogen-bond donors (Lipinski definition) is 14. The van der Waals surface area contributed by atoms with Crippen LogP contribution in [0.1, 0.15) is 171 Å². The van der Waals surface area contributed by atoms with Crippen LogP contribution in [0.25, 0.3) is 0 Å². The number of rotatable bonds is 17. The molecule has 0 radical (unpaired) electrons. The van der Waals surface area contributed by atoms with Crippen LogP contribution < -0.4 is 11.1 Å². The SMILES string of the molecule is CN=C(N)NCCCC=CCCCC(C)CC(C)C1OC(=O)C(C)C(O)CCC(C)C(O)C(C)C(O)C(C)C(O)CCCC(O)CC2(O)OC(CC(OC(=O)CC(=O)O)CC(O)CC(O)C(C)C(O)C=CC=CC1C)CC(OC(=O)CC(=O)O)C2O. The number of hydrogen-bond acceptors (Lipinski definition) is 20. The van der Waals surface area contributed by atoms with Gasteiger partial charge in [0.05, 0.1) is 60.9 Å². The van der Waals surface area contributed by atoms with Crippen molar-refractivity contribution in [3.05, 3.63) is 36.5 Å². The first kappa shape index (κ1) is 77.5. The number of aliphatic imine (C=N–C) groups is 1. The van der Waals surface area contributed by atoms with Gasteiger partial charge in [0.1, 0.15) is 37.3 Å². The first-order valence-electron chi connectivity index (χ1n) is 30.8. The van der Waals surface area contributed by atoms with Gasteiger partial charge in [0.2, 0.25) is 0 Å². The number of guanidine groups is 1. The molecule has 0 aromatic carbocycles. The first-order valence-corrected chi connectivity index (χ1v) is 30.8. The van der Waals surface area contributed by atoms with Crippen LogP contribution in [0.15, 0.2) is 41.4 Å². The van der Waals surface area contributed by atoms with E-state index >= 15 is 0 Å². The van der Waals surface area contributed by atoms with Crippen LogP contribution in [0.3, 0.4) is 0 Å². The van der Waals surface area contributed by atoms with Gasteiger partial charge in [-0.1, -0.05) is 91.3 Å².